The van der Waals surface area contributed by atoms with E-state index in [0.717, 1.165) is 11.3 Å². The zero-order valence-electron chi connectivity index (χ0n) is 20.3. The third-order valence-corrected chi connectivity index (χ3v) is 6.66. The first-order valence-electron chi connectivity index (χ1n) is 11.1. The Morgan fingerprint density at radius 1 is 1.22 bits per heavy atom. The molecule has 0 spiro atoms. The zero-order chi connectivity index (χ0) is 26.7. The predicted molar refractivity (Wildman–Crippen MR) is 138 cm³/mol. The van der Waals surface area contributed by atoms with Crippen molar-refractivity contribution < 1.29 is 23.9 Å². The molecule has 11 heteroatoms. The minimum atomic E-state index is -0.861. The summed E-state index contributed by atoms with van der Waals surface area (Å²) >= 11 is 1.12. The van der Waals surface area contributed by atoms with Crippen molar-refractivity contribution in [2.45, 2.75) is 13.0 Å². The Balaban J connectivity index is 1.95. The van der Waals surface area contributed by atoms with Crippen molar-refractivity contribution in [2.24, 2.45) is 4.99 Å². The number of nitrogens with zero attached hydrogens (tertiary/aromatic N) is 3. The minimum Gasteiger partial charge on any atom is -0.493 e. The van der Waals surface area contributed by atoms with E-state index in [2.05, 4.69) is 11.6 Å². The van der Waals surface area contributed by atoms with E-state index in [1.54, 1.807) is 43.3 Å². The Bertz CT molecular complexity index is 1620. The number of hydrogen-bond donors (Lipinski definition) is 0. The number of nitro benzene ring substituents is 1. The number of benzene rings is 2. The molecule has 0 N–H and O–H groups in total. The summed E-state index contributed by atoms with van der Waals surface area (Å²) in [6.45, 7) is 5.25. The molecule has 0 amide bonds. The number of non-ortho nitro benzene ring substituents is 1. The third kappa shape index (κ3) is 4.94. The van der Waals surface area contributed by atoms with Crippen LogP contribution in [-0.4, -0.2) is 36.3 Å². The van der Waals surface area contributed by atoms with Crippen molar-refractivity contribution in [1.29, 1.82) is 0 Å². The standard InChI is InChI=1S/C26H23N3O7S/c1-5-11-36-25(31)22-15(2)27-26-28(23(22)17-9-10-19(34-3)20(14-17)35-4)24(30)21(37-26)13-16-7-6-8-18(12-16)29(32)33/h5-10,12-14,23H,1,11H2,2-4H3. The first-order chi connectivity index (χ1) is 17.8. The first-order valence-corrected chi connectivity index (χ1v) is 11.9. The number of rotatable bonds is 8. The van der Waals surface area contributed by atoms with Gasteiger partial charge in [-0.3, -0.25) is 19.5 Å². The number of carbonyl (C=O) groups excluding carboxylic acids is 1. The molecule has 0 bridgehead atoms. The molecule has 1 unspecified atom stereocenters. The molecule has 2 aromatic carbocycles. The highest BCUT2D eigenvalue weighted by atomic mass is 32.1. The van der Waals surface area contributed by atoms with Crippen LogP contribution in [0, 0.1) is 10.1 Å². The molecular formula is C26H23N3O7S. The van der Waals surface area contributed by atoms with E-state index in [4.69, 9.17) is 14.2 Å². The monoisotopic (exact) mass is 521 g/mol. The number of nitro groups is 1. The molecule has 4 rings (SSSR count). The van der Waals surface area contributed by atoms with Crippen LogP contribution in [-0.2, 0) is 9.53 Å². The van der Waals surface area contributed by atoms with Crippen molar-refractivity contribution in [2.75, 3.05) is 20.8 Å². The van der Waals surface area contributed by atoms with Gasteiger partial charge in [-0.15, -0.1) is 0 Å². The maximum absolute atomic E-state index is 13.7. The second-order valence-corrected chi connectivity index (χ2v) is 8.94. The van der Waals surface area contributed by atoms with E-state index in [1.807, 2.05) is 0 Å². The van der Waals surface area contributed by atoms with E-state index in [-0.39, 0.29) is 17.9 Å². The molecule has 0 radical (unpaired) electrons. The highest BCUT2D eigenvalue weighted by Gasteiger charge is 2.34. The lowest BCUT2D eigenvalue weighted by atomic mass is 9.95. The van der Waals surface area contributed by atoms with Crippen LogP contribution < -0.4 is 24.4 Å². The predicted octanol–water partition coefficient (Wildman–Crippen LogP) is 2.89. The van der Waals surface area contributed by atoms with E-state index in [9.17, 15) is 19.7 Å². The van der Waals surface area contributed by atoms with E-state index in [0.29, 0.717) is 37.7 Å². The molecule has 0 saturated carbocycles. The van der Waals surface area contributed by atoms with Crippen LogP contribution in [0.2, 0.25) is 0 Å². The van der Waals surface area contributed by atoms with Gasteiger partial charge in [0.2, 0.25) is 0 Å². The van der Waals surface area contributed by atoms with Crippen LogP contribution in [0.5, 0.6) is 11.5 Å². The first kappa shape index (κ1) is 25.6. The summed E-state index contributed by atoms with van der Waals surface area (Å²) in [7, 11) is 3.00. The number of hydrogen-bond acceptors (Lipinski definition) is 9. The van der Waals surface area contributed by atoms with E-state index < -0.39 is 22.5 Å². The SMILES string of the molecule is C=CCOC(=O)C1=C(C)N=c2sc(=Cc3cccc([N+](=O)[O-])c3)c(=O)n2C1c1ccc(OC)c(OC)c1. The fourth-order valence-electron chi connectivity index (χ4n) is 4.01. The third-order valence-electron chi connectivity index (χ3n) is 5.68. The van der Waals surface area contributed by atoms with Gasteiger partial charge in [0.25, 0.3) is 11.2 Å². The molecule has 0 fully saturated rings. The van der Waals surface area contributed by atoms with Gasteiger partial charge in [-0.05, 0) is 36.3 Å². The van der Waals surface area contributed by atoms with E-state index in [1.165, 1.54) is 37.0 Å². The number of methoxy groups -OCH3 is 2. The Morgan fingerprint density at radius 3 is 2.65 bits per heavy atom. The van der Waals surface area contributed by atoms with Crippen LogP contribution in [0.1, 0.15) is 24.1 Å². The summed E-state index contributed by atoms with van der Waals surface area (Å²) in [4.78, 5) is 42.4. The van der Waals surface area contributed by atoms with Crippen LogP contribution in [0.3, 0.4) is 0 Å². The zero-order valence-corrected chi connectivity index (χ0v) is 21.1. The summed E-state index contributed by atoms with van der Waals surface area (Å²) < 4.78 is 17.8. The Kier molecular flexibility index (Phi) is 7.35. The van der Waals surface area contributed by atoms with Gasteiger partial charge >= 0.3 is 5.97 Å². The average Bonchev–Trinajstić information content (AvgIpc) is 3.20. The number of fused-ring (bicyclic) bond motifs is 1. The van der Waals surface area contributed by atoms with Crippen molar-refractivity contribution in [1.82, 2.24) is 4.57 Å². The maximum Gasteiger partial charge on any atom is 0.338 e. The smallest absolute Gasteiger partial charge is 0.338 e. The van der Waals surface area contributed by atoms with Crippen LogP contribution in [0.15, 0.2) is 76.2 Å². The molecule has 2 heterocycles. The van der Waals surface area contributed by atoms with Crippen LogP contribution in [0.25, 0.3) is 6.08 Å². The van der Waals surface area contributed by atoms with Gasteiger partial charge in [-0.2, -0.15) is 0 Å². The molecule has 190 valence electrons. The second-order valence-electron chi connectivity index (χ2n) is 7.94. The van der Waals surface area contributed by atoms with Crippen molar-refractivity contribution in [3.05, 3.63) is 107 Å². The summed E-state index contributed by atoms with van der Waals surface area (Å²) in [5.74, 6) is 0.280. The Labute approximate surface area is 215 Å². The molecule has 0 aliphatic carbocycles. The van der Waals surface area contributed by atoms with Gasteiger partial charge in [0.1, 0.15) is 6.61 Å². The summed E-state index contributed by atoms with van der Waals surface area (Å²) in [6, 6.07) is 10.2. The lowest BCUT2D eigenvalue weighted by molar-refractivity contribution is -0.384. The molecule has 3 aromatic rings. The fourth-order valence-corrected chi connectivity index (χ4v) is 5.06. The number of carbonyl (C=O) groups is 1. The topological polar surface area (TPSA) is 122 Å². The fraction of sp³-hybridized carbons (Fsp3) is 0.192. The molecule has 37 heavy (non-hydrogen) atoms. The molecule has 1 atom stereocenters. The normalized spacial score (nSPS) is 15.0. The maximum atomic E-state index is 13.7. The Hall–Kier alpha value is -4.51. The van der Waals surface area contributed by atoms with Crippen LogP contribution in [0.4, 0.5) is 5.69 Å². The molecule has 1 aliphatic rings. The second kappa shape index (κ2) is 10.6. The number of thiazole rings is 1. The highest BCUT2D eigenvalue weighted by Crippen LogP contribution is 2.36. The Morgan fingerprint density at radius 2 is 1.97 bits per heavy atom. The quantitative estimate of drug-likeness (QED) is 0.193. The molecule has 10 nitrogen and oxygen atoms in total. The summed E-state index contributed by atoms with van der Waals surface area (Å²) in [5.41, 5.74) is 1.17. The molecule has 0 saturated heterocycles. The number of esters is 1. The van der Waals surface area contributed by atoms with Gasteiger partial charge in [-0.25, -0.2) is 9.79 Å². The minimum absolute atomic E-state index is 0.00846. The summed E-state index contributed by atoms with van der Waals surface area (Å²) in [6.07, 6.45) is 3.02. The van der Waals surface area contributed by atoms with Gasteiger partial charge in [-0.1, -0.05) is 42.2 Å². The van der Waals surface area contributed by atoms with Crippen molar-refractivity contribution in [3.8, 4) is 11.5 Å². The number of ether oxygens (including phenoxy) is 3. The van der Waals surface area contributed by atoms with Gasteiger partial charge in [0.15, 0.2) is 16.3 Å². The molecule has 1 aromatic heterocycles. The van der Waals surface area contributed by atoms with Crippen molar-refractivity contribution >= 4 is 29.1 Å². The number of allylic oxidation sites excluding steroid dienone is 1. The molecular weight excluding hydrogens is 498 g/mol. The average molecular weight is 522 g/mol. The van der Waals surface area contributed by atoms with Crippen molar-refractivity contribution in [3.63, 3.8) is 0 Å². The van der Waals surface area contributed by atoms with Gasteiger partial charge in [0.05, 0.1) is 41.0 Å². The highest BCUT2D eigenvalue weighted by molar-refractivity contribution is 7.07. The molecule has 1 aliphatic heterocycles. The summed E-state index contributed by atoms with van der Waals surface area (Å²) in [5, 5.41) is 11.2. The lowest BCUT2D eigenvalue weighted by Crippen LogP contribution is -2.40. The lowest BCUT2D eigenvalue weighted by Gasteiger charge is -2.25. The number of aromatic nitrogens is 1. The van der Waals surface area contributed by atoms with Gasteiger partial charge in [0, 0.05) is 12.1 Å². The van der Waals surface area contributed by atoms with Gasteiger partial charge < -0.3 is 14.2 Å². The van der Waals surface area contributed by atoms with E-state index >= 15 is 0 Å². The van der Waals surface area contributed by atoms with Crippen LogP contribution >= 0.6 is 11.3 Å². The largest absolute Gasteiger partial charge is 0.493 e.